The van der Waals surface area contributed by atoms with Crippen LogP contribution in [0.4, 0.5) is 0 Å². The number of carbonyl (C=O) groups excluding carboxylic acids is 1. The van der Waals surface area contributed by atoms with Crippen molar-refractivity contribution in [3.05, 3.63) is 44.6 Å². The molecule has 7 nitrogen and oxygen atoms in total. The molecule has 2 N–H and O–H groups in total. The minimum absolute atomic E-state index is 0.0307. The molecule has 4 rings (SSSR count). The van der Waals surface area contributed by atoms with Crippen molar-refractivity contribution < 1.29 is 14.3 Å². The third-order valence-electron chi connectivity index (χ3n) is 5.46. The maximum absolute atomic E-state index is 13.5. The molecule has 2 aromatic heterocycles. The second-order valence-electron chi connectivity index (χ2n) is 7.44. The van der Waals surface area contributed by atoms with Gasteiger partial charge >= 0.3 is 0 Å². The summed E-state index contributed by atoms with van der Waals surface area (Å²) in [4.78, 5) is 31.7. The van der Waals surface area contributed by atoms with Crippen molar-refractivity contribution in [3.63, 3.8) is 0 Å². The molecule has 9 heteroatoms. The smallest absolute Gasteiger partial charge is 0.263 e. The van der Waals surface area contributed by atoms with Crippen molar-refractivity contribution in [1.29, 1.82) is 0 Å². The fourth-order valence-corrected chi connectivity index (χ4v) is 6.01. The normalized spacial score (nSPS) is 13.2. The Kier molecular flexibility index (Phi) is 6.52. The van der Waals surface area contributed by atoms with E-state index in [1.165, 1.54) is 16.6 Å². The molecule has 0 aliphatic heterocycles. The highest BCUT2D eigenvalue weighted by Gasteiger charge is 2.22. The quantitative estimate of drug-likeness (QED) is 0.411. The lowest BCUT2D eigenvalue weighted by Gasteiger charge is -2.14. The first-order valence-electron chi connectivity index (χ1n) is 10.2. The van der Waals surface area contributed by atoms with E-state index in [-0.39, 0.29) is 11.3 Å². The highest BCUT2D eigenvalue weighted by molar-refractivity contribution is 7.99. The maximum Gasteiger partial charge on any atom is 0.263 e. The predicted octanol–water partition coefficient (Wildman–Crippen LogP) is 3.17. The number of rotatable bonds is 8. The third-order valence-corrected chi connectivity index (χ3v) is 7.64. The van der Waals surface area contributed by atoms with Gasteiger partial charge in [0.05, 0.1) is 25.4 Å². The van der Waals surface area contributed by atoms with Gasteiger partial charge in [0.2, 0.25) is 5.91 Å². The first-order valence-corrected chi connectivity index (χ1v) is 12.0. The summed E-state index contributed by atoms with van der Waals surface area (Å²) < 4.78 is 12.4. The van der Waals surface area contributed by atoms with Gasteiger partial charge in [0.15, 0.2) is 16.7 Å². The van der Waals surface area contributed by atoms with Crippen LogP contribution < -0.4 is 20.8 Å². The molecule has 0 spiro atoms. The molecule has 0 bridgehead atoms. The van der Waals surface area contributed by atoms with Crippen molar-refractivity contribution >= 4 is 39.2 Å². The molecule has 0 unspecified atom stereocenters. The van der Waals surface area contributed by atoms with Crippen molar-refractivity contribution in [1.82, 2.24) is 9.55 Å². The van der Waals surface area contributed by atoms with Gasteiger partial charge in [-0.1, -0.05) is 17.8 Å². The van der Waals surface area contributed by atoms with E-state index in [1.54, 1.807) is 30.1 Å². The lowest BCUT2D eigenvalue weighted by Crippen LogP contribution is -2.25. The molecule has 2 heterocycles. The third kappa shape index (κ3) is 4.43. The van der Waals surface area contributed by atoms with E-state index in [1.807, 2.05) is 18.2 Å². The summed E-state index contributed by atoms with van der Waals surface area (Å²) >= 11 is 2.83. The molecule has 1 aromatic carbocycles. The summed E-state index contributed by atoms with van der Waals surface area (Å²) in [5.74, 6) is 0.959. The highest BCUT2D eigenvalue weighted by Crippen LogP contribution is 2.35. The number of thiophene rings is 1. The number of ether oxygens (including phenoxy) is 2. The summed E-state index contributed by atoms with van der Waals surface area (Å²) in [6.45, 7) is 0.447. The molecule has 1 aliphatic carbocycles. The van der Waals surface area contributed by atoms with Crippen LogP contribution >= 0.6 is 23.1 Å². The van der Waals surface area contributed by atoms with E-state index in [0.717, 1.165) is 47.0 Å². The van der Waals surface area contributed by atoms with E-state index in [4.69, 9.17) is 20.2 Å². The number of nitrogens with two attached hydrogens (primary N) is 1. The SMILES string of the molecule is COc1ccc(CCn2c(SCC(N)=O)nc3sc4c(c3c2=O)CCCC4)cc1OC. The monoisotopic (exact) mass is 459 g/mol. The molecule has 0 saturated carbocycles. The number of methoxy groups -OCH3 is 2. The Bertz CT molecular complexity index is 1190. The lowest BCUT2D eigenvalue weighted by molar-refractivity contribution is -0.115. The number of benzene rings is 1. The molecule has 3 aromatic rings. The number of hydrogen-bond acceptors (Lipinski definition) is 7. The van der Waals surface area contributed by atoms with Gasteiger partial charge in [-0.2, -0.15) is 0 Å². The van der Waals surface area contributed by atoms with Gasteiger partial charge in [-0.15, -0.1) is 11.3 Å². The van der Waals surface area contributed by atoms with E-state index in [9.17, 15) is 9.59 Å². The molecule has 31 heavy (non-hydrogen) atoms. The highest BCUT2D eigenvalue weighted by atomic mass is 32.2. The molecular weight excluding hydrogens is 434 g/mol. The number of amides is 1. The van der Waals surface area contributed by atoms with Crippen LogP contribution in [0.2, 0.25) is 0 Å². The average molecular weight is 460 g/mol. The Morgan fingerprint density at radius 3 is 2.74 bits per heavy atom. The summed E-state index contributed by atoms with van der Waals surface area (Å²) in [6, 6.07) is 5.73. The number of hydrogen-bond donors (Lipinski definition) is 1. The van der Waals surface area contributed by atoms with Crippen molar-refractivity contribution in [2.45, 2.75) is 43.8 Å². The van der Waals surface area contributed by atoms with Gasteiger partial charge in [0, 0.05) is 11.4 Å². The summed E-state index contributed by atoms with van der Waals surface area (Å²) in [5, 5.41) is 1.28. The fraction of sp³-hybridized carbons (Fsp3) is 0.409. The Labute approximate surface area is 188 Å². The average Bonchev–Trinajstić information content (AvgIpc) is 3.15. The van der Waals surface area contributed by atoms with E-state index < -0.39 is 5.91 Å². The number of aryl methyl sites for hydroxylation is 3. The van der Waals surface area contributed by atoms with E-state index in [0.29, 0.717) is 29.6 Å². The molecule has 0 fully saturated rings. The van der Waals surface area contributed by atoms with Crippen molar-refractivity contribution in [3.8, 4) is 11.5 Å². The number of nitrogens with zero attached hydrogens (tertiary/aromatic N) is 2. The van der Waals surface area contributed by atoms with Crippen LogP contribution in [0.1, 0.15) is 28.8 Å². The standard InChI is InChI=1S/C22H25N3O4S2/c1-28-15-8-7-13(11-16(15)29-2)9-10-25-21(27)19-14-5-3-4-6-17(14)31-20(19)24-22(25)30-12-18(23)26/h7-8,11H,3-6,9-10,12H2,1-2H3,(H2,23,26). The van der Waals surface area contributed by atoms with Crippen molar-refractivity contribution in [2.75, 3.05) is 20.0 Å². The second kappa shape index (κ2) is 9.32. The first-order chi connectivity index (χ1) is 15.0. The summed E-state index contributed by atoms with van der Waals surface area (Å²) in [5.41, 5.74) is 7.49. The Morgan fingerprint density at radius 1 is 1.23 bits per heavy atom. The maximum atomic E-state index is 13.5. The van der Waals surface area contributed by atoms with Gasteiger partial charge in [0.25, 0.3) is 5.56 Å². The minimum atomic E-state index is -0.434. The Hall–Kier alpha value is -2.52. The van der Waals surface area contributed by atoms with Crippen LogP contribution in [0.3, 0.4) is 0 Å². The number of thioether (sulfide) groups is 1. The van der Waals surface area contributed by atoms with E-state index in [2.05, 4.69) is 0 Å². The van der Waals surface area contributed by atoms with Crippen LogP contribution in [-0.2, 0) is 30.6 Å². The Balaban J connectivity index is 1.72. The topological polar surface area (TPSA) is 96.4 Å². The van der Waals surface area contributed by atoms with Gasteiger partial charge < -0.3 is 15.2 Å². The van der Waals surface area contributed by atoms with Crippen molar-refractivity contribution in [2.24, 2.45) is 5.73 Å². The number of primary amides is 1. The lowest BCUT2D eigenvalue weighted by atomic mass is 9.97. The molecule has 1 aliphatic rings. The van der Waals surface area contributed by atoms with Gasteiger partial charge in [-0.3, -0.25) is 14.2 Å². The minimum Gasteiger partial charge on any atom is -0.493 e. The second-order valence-corrected chi connectivity index (χ2v) is 9.46. The molecular formula is C22H25N3O4S2. The van der Waals surface area contributed by atoms with Crippen LogP contribution in [0, 0.1) is 0 Å². The number of fused-ring (bicyclic) bond motifs is 3. The zero-order valence-corrected chi connectivity index (χ0v) is 19.2. The predicted molar refractivity (Wildman–Crippen MR) is 124 cm³/mol. The molecule has 0 saturated heterocycles. The van der Waals surface area contributed by atoms with Crippen LogP contribution in [-0.4, -0.2) is 35.4 Å². The zero-order chi connectivity index (χ0) is 22.0. The largest absolute Gasteiger partial charge is 0.493 e. The summed E-state index contributed by atoms with van der Waals surface area (Å²) in [7, 11) is 3.20. The van der Waals surface area contributed by atoms with E-state index >= 15 is 0 Å². The van der Waals surface area contributed by atoms with Crippen LogP contribution in [0.25, 0.3) is 10.2 Å². The number of carbonyl (C=O) groups is 1. The molecule has 0 atom stereocenters. The molecule has 0 radical (unpaired) electrons. The molecule has 1 amide bonds. The zero-order valence-electron chi connectivity index (χ0n) is 17.6. The van der Waals surface area contributed by atoms with Gasteiger partial charge in [-0.25, -0.2) is 4.98 Å². The fourth-order valence-electron chi connectivity index (χ4n) is 3.94. The first kappa shape index (κ1) is 21.7. The van der Waals surface area contributed by atoms with Gasteiger partial charge in [0.1, 0.15) is 4.83 Å². The van der Waals surface area contributed by atoms with Crippen LogP contribution in [0.5, 0.6) is 11.5 Å². The van der Waals surface area contributed by atoms with Crippen LogP contribution in [0.15, 0.2) is 28.2 Å². The number of aromatic nitrogens is 2. The Morgan fingerprint density at radius 2 is 2.00 bits per heavy atom. The van der Waals surface area contributed by atoms with Gasteiger partial charge in [-0.05, 0) is 55.4 Å². The summed E-state index contributed by atoms with van der Waals surface area (Å²) in [6.07, 6.45) is 4.80. The molecule has 164 valence electrons.